The van der Waals surface area contributed by atoms with Crippen molar-refractivity contribution in [2.75, 3.05) is 33.4 Å². The quantitative estimate of drug-likeness (QED) is 0.732. The van der Waals surface area contributed by atoms with Crippen LogP contribution in [0.15, 0.2) is 27.6 Å². The number of halogens is 2. The van der Waals surface area contributed by atoms with Crippen LogP contribution >= 0.6 is 28.3 Å². The molecule has 0 bridgehead atoms. The van der Waals surface area contributed by atoms with Gasteiger partial charge in [-0.25, -0.2) is 13.1 Å². The summed E-state index contributed by atoms with van der Waals surface area (Å²) in [6.07, 6.45) is 1.80. The molecule has 1 aromatic rings. The minimum absolute atomic E-state index is 0. The fourth-order valence-corrected chi connectivity index (χ4v) is 5.13. The predicted molar refractivity (Wildman–Crippen MR) is 97.7 cm³/mol. The number of rotatable bonds is 6. The van der Waals surface area contributed by atoms with Crippen molar-refractivity contribution in [3.05, 3.63) is 28.2 Å². The number of sulfonamides is 1. The smallest absolute Gasteiger partial charge is 0.241 e. The standard InChI is InChI=1S/C15H23BrN2O3S.ClH/c1-12-3-4-14(13(16)9-12)22(19,20)18-10-15(11-21-2)5-7-17-8-6-15;/h3-4,9,17-18H,5-8,10-11H2,1-2H3;1H. The van der Waals surface area contributed by atoms with E-state index in [9.17, 15) is 8.42 Å². The molecule has 2 N–H and O–H groups in total. The predicted octanol–water partition coefficient (Wildman–Crippen LogP) is 2.47. The molecule has 1 aliphatic heterocycles. The van der Waals surface area contributed by atoms with Crippen molar-refractivity contribution in [2.45, 2.75) is 24.7 Å². The molecule has 1 saturated heterocycles. The van der Waals surface area contributed by atoms with Crippen molar-refractivity contribution in [1.29, 1.82) is 0 Å². The topological polar surface area (TPSA) is 67.4 Å². The van der Waals surface area contributed by atoms with Gasteiger partial charge in [0.25, 0.3) is 0 Å². The lowest BCUT2D eigenvalue weighted by atomic mass is 9.80. The highest BCUT2D eigenvalue weighted by Crippen LogP contribution is 2.29. The molecule has 8 heteroatoms. The van der Waals surface area contributed by atoms with Gasteiger partial charge in [0.1, 0.15) is 0 Å². The van der Waals surface area contributed by atoms with Gasteiger partial charge in [-0.2, -0.15) is 0 Å². The van der Waals surface area contributed by atoms with Crippen LogP contribution in [0.5, 0.6) is 0 Å². The molecular formula is C15H24BrClN2O3S. The number of aryl methyl sites for hydroxylation is 1. The molecule has 1 heterocycles. The van der Waals surface area contributed by atoms with Gasteiger partial charge in [0.05, 0.1) is 11.5 Å². The maximum absolute atomic E-state index is 12.6. The zero-order valence-corrected chi connectivity index (χ0v) is 16.6. The Morgan fingerprint density at radius 2 is 2.00 bits per heavy atom. The Bertz CT molecular complexity index is 614. The first kappa shape index (κ1) is 20.9. The first-order valence-corrected chi connectivity index (χ1v) is 9.62. The number of hydrogen-bond acceptors (Lipinski definition) is 4. The molecule has 0 radical (unpaired) electrons. The second-order valence-electron chi connectivity index (χ2n) is 5.94. The van der Waals surface area contributed by atoms with E-state index in [2.05, 4.69) is 26.0 Å². The van der Waals surface area contributed by atoms with Gasteiger partial charge in [0.2, 0.25) is 10.0 Å². The molecule has 132 valence electrons. The Hall–Kier alpha value is -0.180. The van der Waals surface area contributed by atoms with E-state index >= 15 is 0 Å². The fraction of sp³-hybridized carbons (Fsp3) is 0.600. The Balaban J connectivity index is 0.00000264. The highest BCUT2D eigenvalue weighted by molar-refractivity contribution is 9.10. The van der Waals surface area contributed by atoms with Crippen molar-refractivity contribution in [2.24, 2.45) is 5.41 Å². The zero-order chi connectivity index (χ0) is 16.2. The Morgan fingerprint density at radius 1 is 1.35 bits per heavy atom. The van der Waals surface area contributed by atoms with Gasteiger partial charge in [-0.15, -0.1) is 12.4 Å². The Labute approximate surface area is 153 Å². The molecule has 0 spiro atoms. The third-order valence-corrected chi connectivity index (χ3v) is 6.51. The lowest BCUT2D eigenvalue weighted by Crippen LogP contribution is -2.47. The molecule has 0 saturated carbocycles. The molecule has 1 aromatic carbocycles. The first-order valence-electron chi connectivity index (χ1n) is 7.34. The number of hydrogen-bond donors (Lipinski definition) is 2. The summed E-state index contributed by atoms with van der Waals surface area (Å²) in [5.41, 5.74) is 0.879. The molecule has 0 aliphatic carbocycles. The molecule has 1 aliphatic rings. The molecule has 0 amide bonds. The van der Waals surface area contributed by atoms with Gasteiger partial charge >= 0.3 is 0 Å². The molecule has 2 rings (SSSR count). The van der Waals surface area contributed by atoms with E-state index in [-0.39, 0.29) is 22.7 Å². The lowest BCUT2D eigenvalue weighted by Gasteiger charge is -2.37. The summed E-state index contributed by atoms with van der Waals surface area (Å²) in [7, 11) is -1.87. The average Bonchev–Trinajstić information content (AvgIpc) is 2.46. The fourth-order valence-electron chi connectivity index (χ4n) is 2.79. The number of methoxy groups -OCH3 is 1. The lowest BCUT2D eigenvalue weighted by molar-refractivity contribution is 0.0577. The zero-order valence-electron chi connectivity index (χ0n) is 13.4. The number of benzene rings is 1. The summed E-state index contributed by atoms with van der Waals surface area (Å²) in [5, 5.41) is 3.30. The van der Waals surface area contributed by atoms with Gasteiger partial charge in [0, 0.05) is 23.5 Å². The van der Waals surface area contributed by atoms with E-state index in [4.69, 9.17) is 4.74 Å². The van der Waals surface area contributed by atoms with E-state index in [1.165, 1.54) is 0 Å². The summed E-state index contributed by atoms with van der Waals surface area (Å²) < 4.78 is 33.8. The van der Waals surface area contributed by atoms with E-state index < -0.39 is 10.0 Å². The van der Waals surface area contributed by atoms with Gasteiger partial charge in [0.15, 0.2) is 0 Å². The van der Waals surface area contributed by atoms with Crippen LogP contribution in [0.25, 0.3) is 0 Å². The highest BCUT2D eigenvalue weighted by Gasteiger charge is 2.33. The first-order chi connectivity index (χ1) is 10.4. The molecule has 23 heavy (non-hydrogen) atoms. The van der Waals surface area contributed by atoms with Crippen LogP contribution in [-0.2, 0) is 14.8 Å². The number of nitrogens with one attached hydrogen (secondary N) is 2. The van der Waals surface area contributed by atoms with Crippen LogP contribution in [0, 0.1) is 12.3 Å². The molecule has 0 atom stereocenters. The minimum Gasteiger partial charge on any atom is -0.384 e. The molecular weight excluding hydrogens is 404 g/mol. The van der Waals surface area contributed by atoms with E-state index in [0.717, 1.165) is 31.5 Å². The van der Waals surface area contributed by atoms with E-state index in [1.54, 1.807) is 19.2 Å². The van der Waals surface area contributed by atoms with Crippen molar-refractivity contribution in [3.8, 4) is 0 Å². The van der Waals surface area contributed by atoms with Crippen LogP contribution in [-0.4, -0.2) is 41.8 Å². The maximum atomic E-state index is 12.6. The highest BCUT2D eigenvalue weighted by atomic mass is 79.9. The minimum atomic E-state index is -3.54. The van der Waals surface area contributed by atoms with Crippen molar-refractivity contribution < 1.29 is 13.2 Å². The Morgan fingerprint density at radius 3 is 2.57 bits per heavy atom. The van der Waals surface area contributed by atoms with E-state index in [1.807, 2.05) is 13.0 Å². The van der Waals surface area contributed by atoms with E-state index in [0.29, 0.717) is 17.6 Å². The second-order valence-corrected chi connectivity index (χ2v) is 8.53. The second kappa shape index (κ2) is 8.78. The van der Waals surface area contributed by atoms with Crippen LogP contribution < -0.4 is 10.0 Å². The third kappa shape index (κ3) is 5.41. The van der Waals surface area contributed by atoms with Gasteiger partial charge in [-0.1, -0.05) is 6.07 Å². The average molecular weight is 428 g/mol. The van der Waals surface area contributed by atoms with Crippen LogP contribution in [0.1, 0.15) is 18.4 Å². The largest absolute Gasteiger partial charge is 0.384 e. The molecule has 0 aromatic heterocycles. The molecule has 0 unspecified atom stereocenters. The summed E-state index contributed by atoms with van der Waals surface area (Å²) in [6, 6.07) is 5.24. The third-order valence-electron chi connectivity index (χ3n) is 4.13. The SMILES string of the molecule is COCC1(CNS(=O)(=O)c2ccc(C)cc2Br)CCNCC1.Cl. The summed E-state index contributed by atoms with van der Waals surface area (Å²) in [6.45, 7) is 4.66. The van der Waals surface area contributed by atoms with Gasteiger partial charge in [-0.05, 0) is 66.5 Å². The van der Waals surface area contributed by atoms with Crippen molar-refractivity contribution >= 4 is 38.4 Å². The monoisotopic (exact) mass is 426 g/mol. The van der Waals surface area contributed by atoms with Crippen molar-refractivity contribution in [3.63, 3.8) is 0 Å². The number of piperidine rings is 1. The summed E-state index contributed by atoms with van der Waals surface area (Å²) in [4.78, 5) is 0.277. The maximum Gasteiger partial charge on any atom is 0.241 e. The van der Waals surface area contributed by atoms with Crippen LogP contribution in [0.4, 0.5) is 0 Å². The van der Waals surface area contributed by atoms with Gasteiger partial charge in [-0.3, -0.25) is 0 Å². The number of ether oxygens (including phenoxy) is 1. The summed E-state index contributed by atoms with van der Waals surface area (Å²) >= 11 is 3.34. The van der Waals surface area contributed by atoms with Crippen LogP contribution in [0.2, 0.25) is 0 Å². The Kier molecular flexibility index (Phi) is 7.97. The molecule has 1 fully saturated rings. The normalized spacial score (nSPS) is 17.5. The summed E-state index contributed by atoms with van der Waals surface area (Å²) in [5.74, 6) is 0. The van der Waals surface area contributed by atoms with Crippen molar-refractivity contribution in [1.82, 2.24) is 10.0 Å². The van der Waals surface area contributed by atoms with Gasteiger partial charge < -0.3 is 10.1 Å². The molecule has 5 nitrogen and oxygen atoms in total. The van der Waals surface area contributed by atoms with Crippen LogP contribution in [0.3, 0.4) is 0 Å².